The number of para-hydroxylation sites is 1. The summed E-state index contributed by atoms with van der Waals surface area (Å²) in [6.07, 6.45) is 5.67. The number of hydrogen-bond donors (Lipinski definition) is 2. The first-order chi connectivity index (χ1) is 14.2. The highest BCUT2D eigenvalue weighted by Crippen LogP contribution is 2.31. The van der Waals surface area contributed by atoms with E-state index in [4.69, 9.17) is 9.73 Å². The maximum absolute atomic E-state index is 10.8. The summed E-state index contributed by atoms with van der Waals surface area (Å²) in [5.74, 6) is 1.71. The van der Waals surface area contributed by atoms with Crippen LogP contribution in [0.4, 0.5) is 5.69 Å². The van der Waals surface area contributed by atoms with Crippen LogP contribution in [-0.2, 0) is 6.54 Å². The normalized spacial score (nSPS) is 18.7. The van der Waals surface area contributed by atoms with Crippen LogP contribution in [0.5, 0.6) is 5.75 Å². The predicted octanol–water partition coefficient (Wildman–Crippen LogP) is 4.71. The minimum Gasteiger partial charge on any atom is -0.493 e. The molecule has 1 unspecified atom stereocenters. The van der Waals surface area contributed by atoms with E-state index < -0.39 is 0 Å². The summed E-state index contributed by atoms with van der Waals surface area (Å²) in [7, 11) is 0. The van der Waals surface area contributed by atoms with Crippen LogP contribution in [0.15, 0.2) is 53.5 Å². The molecule has 1 saturated carbocycles. The summed E-state index contributed by atoms with van der Waals surface area (Å²) >= 11 is 0. The van der Waals surface area contributed by atoms with Crippen LogP contribution in [0, 0.1) is 10.1 Å². The minimum absolute atomic E-state index is 0. The number of aliphatic imine (C=N–C) groups is 1. The van der Waals surface area contributed by atoms with Crippen molar-refractivity contribution >= 4 is 35.6 Å². The fraction of sp³-hybridized carbons (Fsp3) is 0.409. The van der Waals surface area contributed by atoms with Crippen molar-refractivity contribution in [3.8, 4) is 5.75 Å². The second kappa shape index (κ2) is 10.6. The largest absolute Gasteiger partial charge is 0.493 e. The summed E-state index contributed by atoms with van der Waals surface area (Å²) in [5.41, 5.74) is 2.18. The Bertz CT molecular complexity index is 882. The number of guanidine groups is 1. The number of fused-ring (bicyclic) bond motifs is 1. The predicted molar refractivity (Wildman–Crippen MR) is 127 cm³/mol. The number of hydrogen-bond acceptors (Lipinski definition) is 4. The Hall–Kier alpha value is -2.36. The molecule has 1 atom stereocenters. The zero-order valence-corrected chi connectivity index (χ0v) is 19.1. The maximum atomic E-state index is 10.8. The van der Waals surface area contributed by atoms with Crippen LogP contribution in [0.1, 0.15) is 49.3 Å². The molecule has 0 spiro atoms. The van der Waals surface area contributed by atoms with Crippen molar-refractivity contribution in [3.63, 3.8) is 0 Å². The van der Waals surface area contributed by atoms with Gasteiger partial charge in [0.05, 0.1) is 24.1 Å². The molecule has 1 heterocycles. The fourth-order valence-electron chi connectivity index (χ4n) is 3.95. The Labute approximate surface area is 193 Å². The lowest BCUT2D eigenvalue weighted by atomic mass is 10.0. The molecule has 8 heteroatoms. The number of benzene rings is 2. The average Bonchev–Trinajstić information content (AvgIpc) is 3.25. The molecule has 160 valence electrons. The van der Waals surface area contributed by atoms with Gasteiger partial charge in [-0.25, -0.2) is 4.99 Å². The van der Waals surface area contributed by atoms with Crippen LogP contribution >= 0.6 is 24.0 Å². The summed E-state index contributed by atoms with van der Waals surface area (Å²) in [6.45, 7) is 1.14. The lowest BCUT2D eigenvalue weighted by Crippen LogP contribution is -2.44. The van der Waals surface area contributed by atoms with Crippen molar-refractivity contribution in [1.82, 2.24) is 10.6 Å². The first-order valence-electron chi connectivity index (χ1n) is 10.2. The van der Waals surface area contributed by atoms with Gasteiger partial charge in [0.1, 0.15) is 5.75 Å². The molecule has 0 saturated heterocycles. The molecule has 2 aliphatic rings. The van der Waals surface area contributed by atoms with Gasteiger partial charge < -0.3 is 15.4 Å². The topological polar surface area (TPSA) is 88.8 Å². The minimum atomic E-state index is -0.385. The highest BCUT2D eigenvalue weighted by molar-refractivity contribution is 14.0. The zero-order valence-electron chi connectivity index (χ0n) is 16.8. The van der Waals surface area contributed by atoms with Gasteiger partial charge in [-0.05, 0) is 24.5 Å². The van der Waals surface area contributed by atoms with Gasteiger partial charge >= 0.3 is 0 Å². The standard InChI is InChI=1S/C22H26N4O3.HI/c27-26(28)18-11-9-16(10-12-18)15-23-22(24-17-5-1-2-6-17)25-20-13-14-29-21-8-4-3-7-19(20)21;/h3-4,7-12,17,20H,1-2,5-6,13-15H2,(H2,23,24,25);1H. The van der Waals surface area contributed by atoms with Crippen molar-refractivity contribution < 1.29 is 9.66 Å². The van der Waals surface area contributed by atoms with Crippen molar-refractivity contribution in [1.29, 1.82) is 0 Å². The monoisotopic (exact) mass is 522 g/mol. The second-order valence-electron chi connectivity index (χ2n) is 7.59. The SMILES string of the molecule is I.O=[N+]([O-])c1ccc(CN=C(NC2CCCC2)NC2CCOc3ccccc32)cc1. The van der Waals surface area contributed by atoms with Gasteiger partial charge in [0.25, 0.3) is 5.69 Å². The van der Waals surface area contributed by atoms with Gasteiger partial charge in [0.2, 0.25) is 0 Å². The molecule has 2 aromatic rings. The summed E-state index contributed by atoms with van der Waals surface area (Å²) < 4.78 is 5.77. The molecule has 2 N–H and O–H groups in total. The van der Waals surface area contributed by atoms with E-state index in [1.54, 1.807) is 12.1 Å². The maximum Gasteiger partial charge on any atom is 0.269 e. The molecule has 30 heavy (non-hydrogen) atoms. The zero-order chi connectivity index (χ0) is 20.1. The number of nitro benzene ring substituents is 1. The van der Waals surface area contributed by atoms with Gasteiger partial charge in [-0.3, -0.25) is 10.1 Å². The molecule has 0 bridgehead atoms. The van der Waals surface area contributed by atoms with Gasteiger partial charge in [0, 0.05) is 30.2 Å². The van der Waals surface area contributed by atoms with E-state index in [-0.39, 0.29) is 40.6 Å². The summed E-state index contributed by atoms with van der Waals surface area (Å²) in [6, 6.07) is 15.3. The molecule has 2 aromatic carbocycles. The summed E-state index contributed by atoms with van der Waals surface area (Å²) in [5, 5.41) is 18.0. The van der Waals surface area contributed by atoms with E-state index in [1.807, 2.05) is 18.2 Å². The third kappa shape index (κ3) is 5.62. The lowest BCUT2D eigenvalue weighted by Gasteiger charge is -2.29. The number of nitrogens with zero attached hydrogens (tertiary/aromatic N) is 2. The molecule has 0 aromatic heterocycles. The van der Waals surface area contributed by atoms with Crippen LogP contribution < -0.4 is 15.4 Å². The highest BCUT2D eigenvalue weighted by Gasteiger charge is 2.23. The molecule has 1 aliphatic heterocycles. The molecule has 0 amide bonds. The van der Waals surface area contributed by atoms with Gasteiger partial charge in [-0.1, -0.05) is 43.2 Å². The number of non-ortho nitro benzene ring substituents is 1. The lowest BCUT2D eigenvalue weighted by molar-refractivity contribution is -0.384. The van der Waals surface area contributed by atoms with Gasteiger partial charge in [-0.2, -0.15) is 0 Å². The number of nitro groups is 1. The summed E-state index contributed by atoms with van der Waals surface area (Å²) in [4.78, 5) is 15.2. The first-order valence-corrected chi connectivity index (χ1v) is 10.2. The Morgan fingerprint density at radius 2 is 1.80 bits per heavy atom. The van der Waals surface area contributed by atoms with Gasteiger partial charge in [0.15, 0.2) is 5.96 Å². The second-order valence-corrected chi connectivity index (χ2v) is 7.59. The van der Waals surface area contributed by atoms with Crippen molar-refractivity contribution in [2.45, 2.75) is 50.7 Å². The molecule has 1 aliphatic carbocycles. The van der Waals surface area contributed by atoms with Crippen molar-refractivity contribution in [2.24, 2.45) is 4.99 Å². The molecule has 7 nitrogen and oxygen atoms in total. The number of nitrogens with one attached hydrogen (secondary N) is 2. The van der Waals surface area contributed by atoms with Crippen LogP contribution in [0.3, 0.4) is 0 Å². The molecule has 1 fully saturated rings. The molecule has 0 radical (unpaired) electrons. The van der Waals surface area contributed by atoms with E-state index in [0.717, 1.165) is 42.1 Å². The number of halogens is 1. The van der Waals surface area contributed by atoms with E-state index in [9.17, 15) is 10.1 Å². The van der Waals surface area contributed by atoms with E-state index in [2.05, 4.69) is 16.7 Å². The van der Waals surface area contributed by atoms with Gasteiger partial charge in [-0.15, -0.1) is 24.0 Å². The van der Waals surface area contributed by atoms with Crippen molar-refractivity contribution in [3.05, 3.63) is 69.8 Å². The van der Waals surface area contributed by atoms with E-state index >= 15 is 0 Å². The van der Waals surface area contributed by atoms with Crippen LogP contribution in [0.2, 0.25) is 0 Å². The Kier molecular flexibility index (Phi) is 7.89. The fourth-order valence-corrected chi connectivity index (χ4v) is 3.95. The Morgan fingerprint density at radius 1 is 1.07 bits per heavy atom. The molecular formula is C22H27IN4O3. The van der Waals surface area contributed by atoms with Crippen LogP contribution in [0.25, 0.3) is 0 Å². The quantitative estimate of drug-likeness (QED) is 0.195. The number of ether oxygens (including phenoxy) is 1. The average molecular weight is 522 g/mol. The Balaban J connectivity index is 0.00000256. The third-order valence-corrected chi connectivity index (χ3v) is 5.53. The van der Waals surface area contributed by atoms with Crippen LogP contribution in [-0.4, -0.2) is 23.5 Å². The molecular weight excluding hydrogens is 495 g/mol. The smallest absolute Gasteiger partial charge is 0.269 e. The first kappa shape index (κ1) is 22.3. The molecule has 4 rings (SSSR count). The Morgan fingerprint density at radius 3 is 2.53 bits per heavy atom. The third-order valence-electron chi connectivity index (χ3n) is 5.53. The van der Waals surface area contributed by atoms with Crippen molar-refractivity contribution in [2.75, 3.05) is 6.61 Å². The highest BCUT2D eigenvalue weighted by atomic mass is 127. The van der Waals surface area contributed by atoms with E-state index in [0.29, 0.717) is 19.2 Å². The van der Waals surface area contributed by atoms with E-state index in [1.165, 1.54) is 25.0 Å². The number of rotatable bonds is 5.